The van der Waals surface area contributed by atoms with Gasteiger partial charge in [-0.05, 0) is 36.2 Å². The summed E-state index contributed by atoms with van der Waals surface area (Å²) < 4.78 is 26.3. The molecule has 0 aliphatic rings. The molecule has 1 amide bonds. The van der Waals surface area contributed by atoms with E-state index in [1.165, 1.54) is 16.4 Å². The van der Waals surface area contributed by atoms with Crippen molar-refractivity contribution in [2.75, 3.05) is 13.6 Å². The van der Waals surface area contributed by atoms with E-state index in [0.717, 1.165) is 18.4 Å². The number of nitrogens with zero attached hydrogens (tertiary/aromatic N) is 1. The maximum atomic E-state index is 12.5. The van der Waals surface area contributed by atoms with Gasteiger partial charge in [-0.2, -0.15) is 0 Å². The van der Waals surface area contributed by atoms with Gasteiger partial charge in [0.1, 0.15) is 0 Å². The summed E-state index contributed by atoms with van der Waals surface area (Å²) in [5.41, 5.74) is 1.44. The monoisotopic (exact) mass is 360 g/mol. The second-order valence-electron chi connectivity index (χ2n) is 5.87. The van der Waals surface area contributed by atoms with Crippen LogP contribution in [0, 0.1) is 0 Å². The molecule has 0 aliphatic carbocycles. The smallest absolute Gasteiger partial charge is 0.251 e. The van der Waals surface area contributed by atoms with Gasteiger partial charge < -0.3 is 5.32 Å². The molecule has 2 rings (SSSR count). The summed E-state index contributed by atoms with van der Waals surface area (Å²) in [6.07, 6.45) is 1.75. The van der Waals surface area contributed by atoms with Gasteiger partial charge in [0.2, 0.25) is 10.0 Å². The summed E-state index contributed by atoms with van der Waals surface area (Å²) in [7, 11) is -1.93. The molecule has 0 heterocycles. The first-order valence-corrected chi connectivity index (χ1v) is 9.77. The molecule has 5 nitrogen and oxygen atoms in total. The van der Waals surface area contributed by atoms with Crippen molar-refractivity contribution in [3.05, 3.63) is 65.7 Å². The zero-order valence-corrected chi connectivity index (χ0v) is 15.4. The molecule has 0 aliphatic heterocycles. The maximum absolute atomic E-state index is 12.5. The summed E-state index contributed by atoms with van der Waals surface area (Å²) >= 11 is 0. The molecular formula is C19H24N2O3S. The van der Waals surface area contributed by atoms with E-state index in [9.17, 15) is 13.2 Å². The van der Waals surface area contributed by atoms with Crippen LogP contribution in [0.2, 0.25) is 0 Å². The van der Waals surface area contributed by atoms with Gasteiger partial charge >= 0.3 is 0 Å². The van der Waals surface area contributed by atoms with Crippen LogP contribution in [-0.2, 0) is 16.6 Å². The summed E-state index contributed by atoms with van der Waals surface area (Å²) in [5.74, 6) is -0.230. The zero-order valence-electron chi connectivity index (χ0n) is 14.6. The van der Waals surface area contributed by atoms with E-state index in [4.69, 9.17) is 0 Å². The summed E-state index contributed by atoms with van der Waals surface area (Å²) in [6, 6.07) is 15.7. The van der Waals surface area contributed by atoms with Gasteiger partial charge in [0.15, 0.2) is 0 Å². The van der Waals surface area contributed by atoms with Crippen molar-refractivity contribution in [2.45, 2.75) is 31.2 Å². The Hall–Kier alpha value is -2.18. The summed E-state index contributed by atoms with van der Waals surface area (Å²) in [6.45, 7) is 2.93. The Morgan fingerprint density at radius 1 is 1.04 bits per heavy atom. The highest BCUT2D eigenvalue weighted by atomic mass is 32.2. The third-order valence-electron chi connectivity index (χ3n) is 3.95. The molecule has 0 saturated heterocycles. The number of benzene rings is 2. The Labute approximate surface area is 149 Å². The lowest BCUT2D eigenvalue weighted by Gasteiger charge is -2.17. The molecule has 0 atom stereocenters. The maximum Gasteiger partial charge on any atom is 0.251 e. The van der Waals surface area contributed by atoms with Crippen LogP contribution in [0.5, 0.6) is 0 Å². The number of carbonyl (C=O) groups excluding carboxylic acids is 1. The molecule has 0 saturated carbocycles. The Morgan fingerprint density at radius 2 is 1.68 bits per heavy atom. The Bertz CT molecular complexity index is 787. The third-order valence-corrected chi connectivity index (χ3v) is 5.82. The second-order valence-corrected chi connectivity index (χ2v) is 7.92. The van der Waals surface area contributed by atoms with Crippen LogP contribution in [0.25, 0.3) is 0 Å². The fourth-order valence-electron chi connectivity index (χ4n) is 2.34. The predicted molar refractivity (Wildman–Crippen MR) is 98.8 cm³/mol. The molecule has 0 bridgehead atoms. The first kappa shape index (κ1) is 19.1. The largest absolute Gasteiger partial charge is 0.348 e. The molecule has 2 aromatic carbocycles. The quantitative estimate of drug-likeness (QED) is 0.787. The van der Waals surface area contributed by atoms with Crippen LogP contribution < -0.4 is 5.32 Å². The highest BCUT2D eigenvalue weighted by Crippen LogP contribution is 2.16. The van der Waals surface area contributed by atoms with E-state index >= 15 is 0 Å². The number of rotatable bonds is 8. The number of carbonyl (C=O) groups is 1. The van der Waals surface area contributed by atoms with Crippen molar-refractivity contribution in [3.8, 4) is 0 Å². The van der Waals surface area contributed by atoms with Crippen molar-refractivity contribution >= 4 is 15.9 Å². The molecule has 0 fully saturated rings. The van der Waals surface area contributed by atoms with Crippen LogP contribution in [0.3, 0.4) is 0 Å². The van der Waals surface area contributed by atoms with Crippen LogP contribution in [0.1, 0.15) is 35.7 Å². The minimum Gasteiger partial charge on any atom is -0.348 e. The molecule has 134 valence electrons. The molecule has 0 spiro atoms. The van der Waals surface area contributed by atoms with Crippen LogP contribution >= 0.6 is 0 Å². The lowest BCUT2D eigenvalue weighted by Crippen LogP contribution is -2.28. The molecule has 0 aromatic heterocycles. The van der Waals surface area contributed by atoms with E-state index in [0.29, 0.717) is 18.7 Å². The lowest BCUT2D eigenvalue weighted by molar-refractivity contribution is 0.0951. The SMILES string of the molecule is CCCCN(C)S(=O)(=O)c1ccc(C(=O)NCc2ccccc2)cc1. The molecule has 0 unspecified atom stereocenters. The standard InChI is InChI=1S/C19H24N2O3S/c1-3-4-14-21(2)25(23,24)18-12-10-17(11-13-18)19(22)20-15-16-8-6-5-7-9-16/h5-13H,3-4,14-15H2,1-2H3,(H,20,22). The van der Waals surface area contributed by atoms with E-state index in [-0.39, 0.29) is 10.8 Å². The molecule has 1 N–H and O–H groups in total. The van der Waals surface area contributed by atoms with Crippen molar-refractivity contribution < 1.29 is 13.2 Å². The predicted octanol–water partition coefficient (Wildman–Crippen LogP) is 3.04. The number of hydrogen-bond acceptors (Lipinski definition) is 3. The van der Waals surface area contributed by atoms with Gasteiger partial charge in [-0.3, -0.25) is 4.79 Å². The third kappa shape index (κ3) is 5.14. The van der Waals surface area contributed by atoms with E-state index in [2.05, 4.69) is 5.32 Å². The summed E-state index contributed by atoms with van der Waals surface area (Å²) in [5, 5.41) is 2.83. The zero-order chi connectivity index (χ0) is 18.3. The highest BCUT2D eigenvalue weighted by molar-refractivity contribution is 7.89. The van der Waals surface area contributed by atoms with Crippen LogP contribution in [0.4, 0.5) is 0 Å². The average Bonchev–Trinajstić information content (AvgIpc) is 2.65. The Morgan fingerprint density at radius 3 is 2.28 bits per heavy atom. The van der Waals surface area contributed by atoms with E-state index in [1.807, 2.05) is 37.3 Å². The Balaban J connectivity index is 2.02. The average molecular weight is 360 g/mol. The van der Waals surface area contributed by atoms with E-state index < -0.39 is 10.0 Å². The van der Waals surface area contributed by atoms with Crippen molar-refractivity contribution in [3.63, 3.8) is 0 Å². The van der Waals surface area contributed by atoms with Crippen LogP contribution in [-0.4, -0.2) is 32.2 Å². The van der Waals surface area contributed by atoms with Gasteiger partial charge in [-0.25, -0.2) is 12.7 Å². The topological polar surface area (TPSA) is 66.5 Å². The molecule has 2 aromatic rings. The number of nitrogens with one attached hydrogen (secondary N) is 1. The number of sulfonamides is 1. The fraction of sp³-hybridized carbons (Fsp3) is 0.316. The van der Waals surface area contributed by atoms with Gasteiger partial charge in [0.05, 0.1) is 4.90 Å². The van der Waals surface area contributed by atoms with Gasteiger partial charge in [-0.15, -0.1) is 0 Å². The molecular weight excluding hydrogens is 336 g/mol. The number of unbranched alkanes of at least 4 members (excludes halogenated alkanes) is 1. The van der Waals surface area contributed by atoms with Crippen molar-refractivity contribution in [1.82, 2.24) is 9.62 Å². The van der Waals surface area contributed by atoms with Gasteiger partial charge in [0.25, 0.3) is 5.91 Å². The van der Waals surface area contributed by atoms with Crippen LogP contribution in [0.15, 0.2) is 59.5 Å². The first-order chi connectivity index (χ1) is 11.9. The number of amides is 1. The van der Waals surface area contributed by atoms with Crippen molar-refractivity contribution in [1.29, 1.82) is 0 Å². The van der Waals surface area contributed by atoms with Gasteiger partial charge in [-0.1, -0.05) is 43.7 Å². The summed E-state index contributed by atoms with van der Waals surface area (Å²) in [4.78, 5) is 12.4. The highest BCUT2D eigenvalue weighted by Gasteiger charge is 2.20. The minimum atomic E-state index is -3.51. The lowest BCUT2D eigenvalue weighted by atomic mass is 10.2. The van der Waals surface area contributed by atoms with E-state index in [1.54, 1.807) is 19.2 Å². The first-order valence-electron chi connectivity index (χ1n) is 8.33. The van der Waals surface area contributed by atoms with Gasteiger partial charge in [0, 0.05) is 25.7 Å². The molecule has 6 heteroatoms. The molecule has 0 radical (unpaired) electrons. The minimum absolute atomic E-state index is 0.200. The second kappa shape index (κ2) is 8.78. The Kier molecular flexibility index (Phi) is 6.73. The fourth-order valence-corrected chi connectivity index (χ4v) is 3.55. The normalized spacial score (nSPS) is 11.5. The number of hydrogen-bond donors (Lipinski definition) is 1. The van der Waals surface area contributed by atoms with Crippen molar-refractivity contribution in [2.24, 2.45) is 0 Å². The molecule has 25 heavy (non-hydrogen) atoms.